The lowest BCUT2D eigenvalue weighted by molar-refractivity contribution is 0.669. The molecule has 10 aromatic rings. The highest BCUT2D eigenvalue weighted by atomic mass is 16.3. The second-order valence-electron chi connectivity index (χ2n) is 12.9. The molecule has 0 spiro atoms. The Bertz CT molecular complexity index is 2910. The average Bonchev–Trinajstić information content (AvgIpc) is 3.59. The van der Waals surface area contributed by atoms with E-state index in [0.717, 1.165) is 60.5 Å². The smallest absolute Gasteiger partial charge is 0.164 e. The van der Waals surface area contributed by atoms with Crippen LogP contribution in [0.5, 0.6) is 0 Å². The Hall–Kier alpha value is -6.91. The number of rotatable bonds is 5. The van der Waals surface area contributed by atoms with E-state index < -0.39 is 0 Å². The summed E-state index contributed by atoms with van der Waals surface area (Å²) in [4.78, 5) is 15.2. The van der Waals surface area contributed by atoms with Gasteiger partial charge in [-0.1, -0.05) is 140 Å². The second-order valence-corrected chi connectivity index (χ2v) is 12.9. The van der Waals surface area contributed by atoms with Gasteiger partial charge in [-0.15, -0.1) is 0 Å². The van der Waals surface area contributed by atoms with Gasteiger partial charge in [-0.2, -0.15) is 0 Å². The van der Waals surface area contributed by atoms with Crippen molar-refractivity contribution in [1.82, 2.24) is 15.0 Å². The van der Waals surface area contributed by atoms with Gasteiger partial charge in [0.15, 0.2) is 17.5 Å². The van der Waals surface area contributed by atoms with Gasteiger partial charge in [0, 0.05) is 27.5 Å². The second kappa shape index (κ2) is 11.9. The van der Waals surface area contributed by atoms with Crippen molar-refractivity contribution in [2.45, 2.75) is 0 Å². The van der Waals surface area contributed by atoms with E-state index in [-0.39, 0.29) is 0 Å². The molecule has 2 heterocycles. The number of hydrogen-bond donors (Lipinski definition) is 0. The SMILES string of the molecule is c1ccc(-c2ccc3c(c2)oc2cccc(-c4nc(-c5ccccc5)nc(-c5ccc6cc(-c7ccc8ccccc8c7)ccc6c5)n4)c23)cc1. The highest BCUT2D eigenvalue weighted by Crippen LogP contribution is 2.38. The molecule has 0 aliphatic heterocycles. The summed E-state index contributed by atoms with van der Waals surface area (Å²) in [7, 11) is 0. The van der Waals surface area contributed by atoms with Crippen LogP contribution < -0.4 is 0 Å². The van der Waals surface area contributed by atoms with Crippen molar-refractivity contribution < 1.29 is 4.42 Å². The van der Waals surface area contributed by atoms with Crippen LogP contribution in [0.3, 0.4) is 0 Å². The largest absolute Gasteiger partial charge is 0.456 e. The van der Waals surface area contributed by atoms with E-state index in [9.17, 15) is 0 Å². The van der Waals surface area contributed by atoms with Crippen molar-refractivity contribution in [1.29, 1.82) is 0 Å². The number of benzene rings is 8. The van der Waals surface area contributed by atoms with Crippen LogP contribution in [-0.4, -0.2) is 15.0 Å². The van der Waals surface area contributed by atoms with Gasteiger partial charge in [-0.25, -0.2) is 15.0 Å². The van der Waals surface area contributed by atoms with Crippen molar-refractivity contribution in [2.75, 3.05) is 0 Å². The van der Waals surface area contributed by atoms with Gasteiger partial charge in [-0.05, 0) is 80.2 Å². The van der Waals surface area contributed by atoms with Crippen molar-refractivity contribution in [3.05, 3.63) is 176 Å². The fraction of sp³-hybridized carbons (Fsp3) is 0. The lowest BCUT2D eigenvalue weighted by Crippen LogP contribution is -2.00. The van der Waals surface area contributed by atoms with Crippen molar-refractivity contribution in [3.8, 4) is 56.4 Å². The van der Waals surface area contributed by atoms with Gasteiger partial charge in [0.2, 0.25) is 0 Å². The third-order valence-corrected chi connectivity index (χ3v) is 9.69. The normalized spacial score (nSPS) is 11.5. The van der Waals surface area contributed by atoms with Crippen molar-refractivity contribution >= 4 is 43.5 Å². The maximum Gasteiger partial charge on any atom is 0.164 e. The third-order valence-electron chi connectivity index (χ3n) is 9.69. The van der Waals surface area contributed by atoms with E-state index in [1.165, 1.54) is 21.9 Å². The maximum atomic E-state index is 6.45. The summed E-state index contributed by atoms with van der Waals surface area (Å²) in [5.41, 5.74) is 9.03. The summed E-state index contributed by atoms with van der Waals surface area (Å²) in [5.74, 6) is 1.85. The number of hydrogen-bond acceptors (Lipinski definition) is 4. The molecule has 10 rings (SSSR count). The highest BCUT2D eigenvalue weighted by Gasteiger charge is 2.18. The standard InChI is InChI=1S/C47H29N3O/c1-3-10-30(11-4-1)38-24-25-40-43(29-38)51-42-17-9-16-41(44(40)42)47-49-45(32-13-5-2-6-14-32)48-46(50-47)39-23-22-36-27-35(20-21-37(36)28-39)34-19-18-31-12-7-8-15-33(31)26-34/h1-29H. The van der Waals surface area contributed by atoms with E-state index in [0.29, 0.717) is 17.5 Å². The number of nitrogens with zero attached hydrogens (tertiary/aromatic N) is 3. The van der Waals surface area contributed by atoms with Crippen LogP contribution in [0.25, 0.3) is 99.9 Å². The van der Waals surface area contributed by atoms with Crippen LogP contribution in [0.1, 0.15) is 0 Å². The Kier molecular flexibility index (Phi) is 6.78. The lowest BCUT2D eigenvalue weighted by atomic mass is 9.98. The molecule has 0 saturated heterocycles. The molecule has 4 heteroatoms. The van der Waals surface area contributed by atoms with E-state index >= 15 is 0 Å². The van der Waals surface area contributed by atoms with Crippen LogP contribution in [0, 0.1) is 0 Å². The molecule has 0 atom stereocenters. The highest BCUT2D eigenvalue weighted by molar-refractivity contribution is 6.12. The molecule has 4 nitrogen and oxygen atoms in total. The van der Waals surface area contributed by atoms with Gasteiger partial charge in [0.25, 0.3) is 0 Å². The van der Waals surface area contributed by atoms with E-state index in [1.807, 2.05) is 48.5 Å². The van der Waals surface area contributed by atoms with E-state index in [1.54, 1.807) is 0 Å². The Balaban J connectivity index is 1.10. The predicted octanol–water partition coefficient (Wildman–Crippen LogP) is 12.4. The van der Waals surface area contributed by atoms with Crippen LogP contribution in [0.15, 0.2) is 180 Å². The first-order chi connectivity index (χ1) is 25.2. The molecule has 0 bridgehead atoms. The summed E-state index contributed by atoms with van der Waals surface area (Å²) in [6, 6.07) is 61.2. The number of fused-ring (bicyclic) bond motifs is 5. The van der Waals surface area contributed by atoms with Crippen LogP contribution >= 0.6 is 0 Å². The fourth-order valence-corrected chi connectivity index (χ4v) is 7.10. The first-order valence-electron chi connectivity index (χ1n) is 17.1. The lowest BCUT2D eigenvalue weighted by Gasteiger charge is -2.10. The van der Waals surface area contributed by atoms with Crippen molar-refractivity contribution in [3.63, 3.8) is 0 Å². The molecule has 0 N–H and O–H groups in total. The molecular weight excluding hydrogens is 623 g/mol. The Labute approximate surface area is 294 Å². The zero-order valence-corrected chi connectivity index (χ0v) is 27.5. The van der Waals surface area contributed by atoms with Crippen LogP contribution in [0.4, 0.5) is 0 Å². The van der Waals surface area contributed by atoms with Crippen molar-refractivity contribution in [2.24, 2.45) is 0 Å². The topological polar surface area (TPSA) is 51.8 Å². The van der Waals surface area contributed by atoms with Gasteiger partial charge >= 0.3 is 0 Å². The summed E-state index contributed by atoms with van der Waals surface area (Å²) in [6.45, 7) is 0. The van der Waals surface area contributed by atoms with Gasteiger partial charge < -0.3 is 4.42 Å². The molecule has 0 saturated carbocycles. The summed E-state index contributed by atoms with van der Waals surface area (Å²) < 4.78 is 6.45. The van der Waals surface area contributed by atoms with E-state index in [2.05, 4.69) is 127 Å². The van der Waals surface area contributed by atoms with Crippen LogP contribution in [-0.2, 0) is 0 Å². The van der Waals surface area contributed by atoms with Gasteiger partial charge in [0.05, 0.1) is 0 Å². The minimum absolute atomic E-state index is 0.603. The summed E-state index contributed by atoms with van der Waals surface area (Å²) in [6.07, 6.45) is 0. The summed E-state index contributed by atoms with van der Waals surface area (Å²) >= 11 is 0. The Morgan fingerprint density at radius 1 is 0.314 bits per heavy atom. The fourth-order valence-electron chi connectivity index (χ4n) is 7.10. The maximum absolute atomic E-state index is 6.45. The monoisotopic (exact) mass is 651 g/mol. The molecule has 0 radical (unpaired) electrons. The molecule has 238 valence electrons. The predicted molar refractivity (Wildman–Crippen MR) is 209 cm³/mol. The molecular formula is C47H29N3O. The Morgan fingerprint density at radius 2 is 0.843 bits per heavy atom. The quantitative estimate of drug-likeness (QED) is 0.186. The molecule has 0 fully saturated rings. The molecule has 0 aliphatic carbocycles. The Morgan fingerprint density at radius 3 is 1.59 bits per heavy atom. The van der Waals surface area contributed by atoms with Gasteiger partial charge in [-0.3, -0.25) is 0 Å². The minimum Gasteiger partial charge on any atom is -0.456 e. The van der Waals surface area contributed by atoms with Crippen LogP contribution in [0.2, 0.25) is 0 Å². The molecule has 0 aliphatic rings. The zero-order valence-electron chi connectivity index (χ0n) is 27.5. The number of aromatic nitrogens is 3. The molecule has 0 amide bonds. The first-order valence-corrected chi connectivity index (χ1v) is 17.1. The van der Waals surface area contributed by atoms with Gasteiger partial charge in [0.1, 0.15) is 11.2 Å². The number of furan rings is 1. The average molecular weight is 652 g/mol. The summed E-state index contributed by atoms with van der Waals surface area (Å²) in [5, 5.41) is 6.78. The first kappa shape index (κ1) is 29.0. The minimum atomic E-state index is 0.603. The molecule has 51 heavy (non-hydrogen) atoms. The molecule has 8 aromatic carbocycles. The zero-order chi connectivity index (χ0) is 33.7. The molecule has 0 unspecified atom stereocenters. The third kappa shape index (κ3) is 5.22. The molecule has 2 aromatic heterocycles. The van der Waals surface area contributed by atoms with E-state index in [4.69, 9.17) is 19.4 Å².